The Morgan fingerprint density at radius 2 is 1.59 bits per heavy atom. The van der Waals surface area contributed by atoms with Crippen LogP contribution in [0, 0.1) is 5.92 Å². The lowest BCUT2D eigenvalue weighted by atomic mass is 9.69. The zero-order valence-electron chi connectivity index (χ0n) is 28.0. The fourth-order valence-electron chi connectivity index (χ4n) is 6.66. The SMILES string of the molecule is COc1ccc(S(=O)(=O)N[C@@H]2C[C@H](C(=O)NCC3(CCCC(=O)N(C)C)c4ccccc4Oc4ccccc43)CN(C(=O)O)C2)cc1OC. The number of benzene rings is 3. The van der Waals surface area contributed by atoms with Gasteiger partial charge < -0.3 is 34.4 Å². The third kappa shape index (κ3) is 7.60. The van der Waals surface area contributed by atoms with Gasteiger partial charge in [-0.2, -0.15) is 0 Å². The number of para-hydroxylation sites is 2. The van der Waals surface area contributed by atoms with Gasteiger partial charge in [0.2, 0.25) is 21.8 Å². The molecule has 0 saturated carbocycles. The van der Waals surface area contributed by atoms with Crippen molar-refractivity contribution in [2.45, 2.75) is 42.0 Å². The summed E-state index contributed by atoms with van der Waals surface area (Å²) in [7, 11) is 2.12. The average Bonchev–Trinajstić information content (AvgIpc) is 3.09. The van der Waals surface area contributed by atoms with E-state index in [0.29, 0.717) is 36.5 Å². The molecule has 0 aromatic heterocycles. The highest BCUT2D eigenvalue weighted by Crippen LogP contribution is 2.50. The van der Waals surface area contributed by atoms with Crippen molar-refractivity contribution in [1.82, 2.24) is 19.8 Å². The van der Waals surface area contributed by atoms with Crippen molar-refractivity contribution in [1.29, 1.82) is 0 Å². The molecule has 3 amide bonds. The number of rotatable bonds is 12. The van der Waals surface area contributed by atoms with E-state index in [9.17, 15) is 27.9 Å². The van der Waals surface area contributed by atoms with E-state index in [4.69, 9.17) is 14.2 Å². The summed E-state index contributed by atoms with van der Waals surface area (Å²) >= 11 is 0. The molecule has 5 rings (SSSR count). The van der Waals surface area contributed by atoms with Crippen molar-refractivity contribution in [3.05, 3.63) is 77.9 Å². The molecule has 1 fully saturated rings. The molecule has 0 spiro atoms. The van der Waals surface area contributed by atoms with E-state index in [2.05, 4.69) is 10.0 Å². The van der Waals surface area contributed by atoms with Crippen molar-refractivity contribution >= 4 is 27.9 Å². The molecular formula is C35H42N4O9S. The second kappa shape index (κ2) is 14.7. The lowest BCUT2D eigenvalue weighted by molar-refractivity contribution is -0.129. The van der Waals surface area contributed by atoms with Gasteiger partial charge in [-0.25, -0.2) is 17.9 Å². The number of carboxylic acid groups (broad SMARTS) is 1. The number of ether oxygens (including phenoxy) is 3. The van der Waals surface area contributed by atoms with E-state index < -0.39 is 39.4 Å². The number of carbonyl (C=O) groups excluding carboxylic acids is 2. The molecule has 2 aliphatic heterocycles. The fourth-order valence-corrected chi connectivity index (χ4v) is 7.92. The first-order chi connectivity index (χ1) is 23.4. The van der Waals surface area contributed by atoms with E-state index in [1.807, 2.05) is 48.5 Å². The van der Waals surface area contributed by atoms with Gasteiger partial charge in [-0.15, -0.1) is 0 Å². The first-order valence-electron chi connectivity index (χ1n) is 16.0. The number of likely N-dealkylation sites (tertiary alicyclic amines) is 1. The summed E-state index contributed by atoms with van der Waals surface area (Å²) in [5.41, 5.74) is 0.966. The number of methoxy groups -OCH3 is 2. The molecule has 2 atom stereocenters. The summed E-state index contributed by atoms with van der Waals surface area (Å²) in [6.07, 6.45) is 0.173. The standard InChI is InChI=1S/C35H42N4O9S/c1-38(2)32(40)14-9-17-35(26-10-5-7-12-28(26)48-29-13-8-6-11-27(29)35)22-36-33(41)23-18-24(21-39(20-23)34(42)43)37-49(44,45)25-15-16-30(46-3)31(19-25)47-4/h5-8,10-13,15-16,19,23-24,37H,9,14,17-18,20-22H2,1-4H3,(H,36,41)(H,42,43)/t23-,24+/m0/s1. The summed E-state index contributed by atoms with van der Waals surface area (Å²) in [5, 5.41) is 13.0. The van der Waals surface area contributed by atoms with Gasteiger partial charge in [0.1, 0.15) is 11.5 Å². The number of nitrogens with one attached hydrogen (secondary N) is 2. The Morgan fingerprint density at radius 1 is 0.959 bits per heavy atom. The van der Waals surface area contributed by atoms with Crippen LogP contribution in [-0.4, -0.2) is 95.2 Å². The molecule has 3 N–H and O–H groups in total. The second-order valence-electron chi connectivity index (χ2n) is 12.5. The Kier molecular flexibility index (Phi) is 10.7. The minimum atomic E-state index is -4.13. The van der Waals surface area contributed by atoms with Crippen LogP contribution in [0.4, 0.5) is 4.79 Å². The number of amides is 3. The minimum Gasteiger partial charge on any atom is -0.493 e. The summed E-state index contributed by atoms with van der Waals surface area (Å²) in [6, 6.07) is 18.5. The fraction of sp³-hybridized carbons (Fsp3) is 0.400. The van der Waals surface area contributed by atoms with Crippen molar-refractivity contribution in [3.8, 4) is 23.0 Å². The van der Waals surface area contributed by atoms with Gasteiger partial charge in [0.25, 0.3) is 0 Å². The molecule has 0 radical (unpaired) electrons. The van der Waals surface area contributed by atoms with Crippen LogP contribution in [0.1, 0.15) is 36.8 Å². The van der Waals surface area contributed by atoms with Crippen LogP contribution in [0.25, 0.3) is 0 Å². The van der Waals surface area contributed by atoms with Crippen LogP contribution in [0.3, 0.4) is 0 Å². The normalized spacial score (nSPS) is 17.9. The molecule has 3 aromatic rings. The number of hydrogen-bond acceptors (Lipinski definition) is 8. The van der Waals surface area contributed by atoms with Gasteiger partial charge in [-0.05, 0) is 43.5 Å². The molecule has 2 heterocycles. The Hall–Kier alpha value is -4.82. The van der Waals surface area contributed by atoms with Crippen LogP contribution >= 0.6 is 0 Å². The summed E-state index contributed by atoms with van der Waals surface area (Å²) < 4.78 is 46.1. The van der Waals surface area contributed by atoms with Crippen LogP contribution in [0.2, 0.25) is 0 Å². The van der Waals surface area contributed by atoms with E-state index >= 15 is 0 Å². The van der Waals surface area contributed by atoms with Crippen LogP contribution in [0.5, 0.6) is 23.0 Å². The van der Waals surface area contributed by atoms with Crippen LogP contribution in [0.15, 0.2) is 71.6 Å². The maximum atomic E-state index is 14.0. The zero-order chi connectivity index (χ0) is 35.3. The Balaban J connectivity index is 1.40. The van der Waals surface area contributed by atoms with Gasteiger partial charge >= 0.3 is 6.09 Å². The lowest BCUT2D eigenvalue weighted by Crippen LogP contribution is -2.56. The van der Waals surface area contributed by atoms with E-state index in [1.165, 1.54) is 32.4 Å². The number of sulfonamides is 1. The van der Waals surface area contributed by atoms with Crippen LogP contribution < -0.4 is 24.2 Å². The quantitative estimate of drug-likeness (QED) is 0.256. The monoisotopic (exact) mass is 694 g/mol. The maximum absolute atomic E-state index is 14.0. The molecule has 14 heteroatoms. The first-order valence-corrected chi connectivity index (χ1v) is 17.4. The highest BCUT2D eigenvalue weighted by Gasteiger charge is 2.43. The van der Waals surface area contributed by atoms with Gasteiger partial charge in [0.05, 0.1) is 25.0 Å². The predicted octanol–water partition coefficient (Wildman–Crippen LogP) is 3.82. The topological polar surface area (TPSA) is 164 Å². The average molecular weight is 695 g/mol. The molecule has 13 nitrogen and oxygen atoms in total. The summed E-state index contributed by atoms with van der Waals surface area (Å²) in [4.78, 5) is 41.1. The van der Waals surface area contributed by atoms with E-state index in [0.717, 1.165) is 16.0 Å². The minimum absolute atomic E-state index is 0.00892. The Morgan fingerprint density at radius 3 is 2.18 bits per heavy atom. The number of hydrogen-bond donors (Lipinski definition) is 3. The van der Waals surface area contributed by atoms with Crippen LogP contribution in [-0.2, 0) is 25.0 Å². The molecule has 262 valence electrons. The maximum Gasteiger partial charge on any atom is 0.407 e. The molecule has 1 saturated heterocycles. The second-order valence-corrected chi connectivity index (χ2v) is 14.2. The highest BCUT2D eigenvalue weighted by molar-refractivity contribution is 7.89. The number of fused-ring (bicyclic) bond motifs is 2. The largest absolute Gasteiger partial charge is 0.493 e. The van der Waals surface area contributed by atoms with Gasteiger partial charge in [0.15, 0.2) is 11.5 Å². The van der Waals surface area contributed by atoms with E-state index in [1.54, 1.807) is 19.0 Å². The molecule has 2 aliphatic rings. The van der Waals surface area contributed by atoms with Crippen molar-refractivity contribution < 1.29 is 42.1 Å². The predicted molar refractivity (Wildman–Crippen MR) is 181 cm³/mol. The molecule has 3 aromatic carbocycles. The first kappa shape index (κ1) is 35.5. The highest BCUT2D eigenvalue weighted by atomic mass is 32.2. The molecular weight excluding hydrogens is 652 g/mol. The third-order valence-corrected chi connectivity index (χ3v) is 10.7. The van der Waals surface area contributed by atoms with Crippen molar-refractivity contribution in [2.75, 3.05) is 47.9 Å². The van der Waals surface area contributed by atoms with Gasteiger partial charge in [0, 0.05) is 68.8 Å². The summed E-state index contributed by atoms with van der Waals surface area (Å²) in [5.74, 6) is 0.597. The Labute approximate surface area is 286 Å². The number of piperidine rings is 1. The van der Waals surface area contributed by atoms with E-state index in [-0.39, 0.29) is 42.6 Å². The number of nitrogens with zero attached hydrogens (tertiary/aromatic N) is 2. The zero-order valence-corrected chi connectivity index (χ0v) is 28.8. The van der Waals surface area contributed by atoms with Crippen molar-refractivity contribution in [2.24, 2.45) is 5.92 Å². The number of carbonyl (C=O) groups is 3. The third-order valence-electron chi connectivity index (χ3n) is 9.16. The van der Waals surface area contributed by atoms with Crippen molar-refractivity contribution in [3.63, 3.8) is 0 Å². The molecule has 0 aliphatic carbocycles. The van der Waals surface area contributed by atoms with Gasteiger partial charge in [-0.1, -0.05) is 36.4 Å². The molecule has 0 bridgehead atoms. The smallest absolute Gasteiger partial charge is 0.407 e. The molecule has 49 heavy (non-hydrogen) atoms. The lowest BCUT2D eigenvalue weighted by Gasteiger charge is -2.41. The molecule has 0 unspecified atom stereocenters. The van der Waals surface area contributed by atoms with Gasteiger partial charge in [-0.3, -0.25) is 9.59 Å². The summed E-state index contributed by atoms with van der Waals surface area (Å²) in [6.45, 7) is -0.0884. The Bertz CT molecular complexity index is 1770.